The number of ether oxygens (including phenoxy) is 1. The Kier molecular flexibility index (Phi) is 6.89. The third kappa shape index (κ3) is 3.97. The van der Waals surface area contributed by atoms with Crippen LogP contribution in [0.2, 0.25) is 0 Å². The highest BCUT2D eigenvalue weighted by Crippen LogP contribution is 2.16. The smallest absolute Gasteiger partial charge is 0.253 e. The maximum atomic E-state index is 11.8. The van der Waals surface area contributed by atoms with E-state index < -0.39 is 6.10 Å². The molecule has 1 aliphatic rings. The predicted molar refractivity (Wildman–Crippen MR) is 62.1 cm³/mol. The Morgan fingerprint density at radius 3 is 2.47 bits per heavy atom. The number of hydrogen-bond acceptors (Lipinski definition) is 3. The second-order valence-corrected chi connectivity index (χ2v) is 3.97. The Balaban J connectivity index is 0.00000196. The van der Waals surface area contributed by atoms with Crippen molar-refractivity contribution in [2.75, 3.05) is 26.7 Å². The molecule has 1 unspecified atom stereocenters. The van der Waals surface area contributed by atoms with Crippen LogP contribution in [0, 0.1) is 5.92 Å². The molecule has 0 radical (unpaired) electrons. The minimum atomic E-state index is -0.455. The van der Waals surface area contributed by atoms with E-state index in [1.165, 1.54) is 7.11 Å². The molecule has 1 aliphatic heterocycles. The van der Waals surface area contributed by atoms with Crippen molar-refractivity contribution in [3.05, 3.63) is 0 Å². The van der Waals surface area contributed by atoms with Crippen LogP contribution >= 0.6 is 12.4 Å². The Hall–Kier alpha value is -0.320. The number of nitrogens with two attached hydrogens (primary N) is 1. The molecular formula is C10H21ClN2O2. The first-order chi connectivity index (χ1) is 6.69. The van der Waals surface area contributed by atoms with Gasteiger partial charge >= 0.3 is 0 Å². The lowest BCUT2D eigenvalue weighted by Crippen LogP contribution is -2.46. The molecular weight excluding hydrogens is 216 g/mol. The van der Waals surface area contributed by atoms with Gasteiger partial charge in [-0.3, -0.25) is 4.79 Å². The van der Waals surface area contributed by atoms with E-state index in [1.807, 2.05) is 4.90 Å². The summed E-state index contributed by atoms with van der Waals surface area (Å²) in [6.45, 7) is 4.18. The molecule has 0 spiro atoms. The van der Waals surface area contributed by atoms with Crippen molar-refractivity contribution in [1.29, 1.82) is 0 Å². The van der Waals surface area contributed by atoms with Crippen LogP contribution in [0.25, 0.3) is 0 Å². The summed E-state index contributed by atoms with van der Waals surface area (Å²) in [5.41, 5.74) is 5.45. The monoisotopic (exact) mass is 236 g/mol. The zero-order chi connectivity index (χ0) is 10.6. The highest BCUT2D eigenvalue weighted by Gasteiger charge is 2.25. The van der Waals surface area contributed by atoms with Gasteiger partial charge in [-0.05, 0) is 18.8 Å². The van der Waals surface area contributed by atoms with Crippen molar-refractivity contribution < 1.29 is 9.53 Å². The lowest BCUT2D eigenvalue weighted by atomic mass is 9.99. The molecule has 0 aliphatic carbocycles. The molecule has 1 saturated heterocycles. The van der Waals surface area contributed by atoms with Crippen LogP contribution in [-0.4, -0.2) is 43.7 Å². The topological polar surface area (TPSA) is 55.6 Å². The Morgan fingerprint density at radius 2 is 2.07 bits per heavy atom. The van der Waals surface area contributed by atoms with Crippen molar-refractivity contribution in [2.24, 2.45) is 11.7 Å². The number of halogens is 1. The molecule has 0 bridgehead atoms. The highest BCUT2D eigenvalue weighted by molar-refractivity contribution is 5.85. The van der Waals surface area contributed by atoms with E-state index in [2.05, 4.69) is 6.92 Å². The van der Waals surface area contributed by atoms with Gasteiger partial charge in [0.15, 0.2) is 0 Å². The molecule has 1 atom stereocenters. The summed E-state index contributed by atoms with van der Waals surface area (Å²) in [6.07, 6.45) is 1.72. The summed E-state index contributed by atoms with van der Waals surface area (Å²) in [4.78, 5) is 13.7. The van der Waals surface area contributed by atoms with Gasteiger partial charge < -0.3 is 15.4 Å². The molecule has 0 saturated carbocycles. The van der Waals surface area contributed by atoms with E-state index in [0.717, 1.165) is 31.8 Å². The van der Waals surface area contributed by atoms with E-state index in [1.54, 1.807) is 0 Å². The minimum Gasteiger partial charge on any atom is -0.370 e. The molecule has 4 nitrogen and oxygen atoms in total. The minimum absolute atomic E-state index is 0. The second-order valence-electron chi connectivity index (χ2n) is 3.97. The molecule has 1 heterocycles. The zero-order valence-electron chi connectivity index (χ0n) is 9.44. The summed E-state index contributed by atoms with van der Waals surface area (Å²) in [6, 6.07) is 0. The van der Waals surface area contributed by atoms with Crippen molar-refractivity contribution in [3.8, 4) is 0 Å². The molecule has 1 rings (SSSR count). The van der Waals surface area contributed by atoms with E-state index in [4.69, 9.17) is 10.5 Å². The number of rotatable bonds is 3. The van der Waals surface area contributed by atoms with Gasteiger partial charge in [-0.2, -0.15) is 0 Å². The predicted octanol–water partition coefficient (Wildman–Crippen LogP) is 0.640. The van der Waals surface area contributed by atoms with Gasteiger partial charge in [0.05, 0.1) is 0 Å². The summed E-state index contributed by atoms with van der Waals surface area (Å²) >= 11 is 0. The van der Waals surface area contributed by atoms with Crippen LogP contribution in [0.1, 0.15) is 19.8 Å². The third-order valence-electron chi connectivity index (χ3n) is 2.87. The van der Waals surface area contributed by atoms with E-state index in [9.17, 15) is 4.79 Å². The fourth-order valence-corrected chi connectivity index (χ4v) is 1.73. The number of methoxy groups -OCH3 is 1. The lowest BCUT2D eigenvalue weighted by Gasteiger charge is -2.32. The normalized spacial score (nSPS) is 19.5. The van der Waals surface area contributed by atoms with Crippen LogP contribution in [0.3, 0.4) is 0 Å². The lowest BCUT2D eigenvalue weighted by molar-refractivity contribution is -0.142. The van der Waals surface area contributed by atoms with E-state index >= 15 is 0 Å². The first-order valence-corrected chi connectivity index (χ1v) is 5.20. The summed E-state index contributed by atoms with van der Waals surface area (Å²) in [5.74, 6) is 0.778. The van der Waals surface area contributed by atoms with Gasteiger partial charge in [-0.15, -0.1) is 12.4 Å². The van der Waals surface area contributed by atoms with Crippen LogP contribution < -0.4 is 5.73 Å². The molecule has 0 aromatic rings. The maximum Gasteiger partial charge on any atom is 0.253 e. The molecule has 5 heteroatoms. The Morgan fingerprint density at radius 1 is 1.53 bits per heavy atom. The maximum absolute atomic E-state index is 11.8. The van der Waals surface area contributed by atoms with Crippen molar-refractivity contribution in [3.63, 3.8) is 0 Å². The average Bonchev–Trinajstić information content (AvgIpc) is 2.20. The largest absolute Gasteiger partial charge is 0.370 e. The molecule has 1 amide bonds. The number of piperidine rings is 1. The average molecular weight is 237 g/mol. The van der Waals surface area contributed by atoms with E-state index in [-0.39, 0.29) is 24.9 Å². The molecule has 2 N–H and O–H groups in total. The van der Waals surface area contributed by atoms with Gasteiger partial charge in [-0.1, -0.05) is 6.92 Å². The van der Waals surface area contributed by atoms with Crippen LogP contribution in [0.15, 0.2) is 0 Å². The third-order valence-corrected chi connectivity index (χ3v) is 2.87. The van der Waals surface area contributed by atoms with Gasteiger partial charge in [0.2, 0.25) is 0 Å². The fraction of sp³-hybridized carbons (Fsp3) is 0.900. The Labute approximate surface area is 97.5 Å². The van der Waals surface area contributed by atoms with Crippen LogP contribution in [0.4, 0.5) is 0 Å². The number of hydrogen-bond donors (Lipinski definition) is 1. The van der Waals surface area contributed by atoms with Gasteiger partial charge in [0.1, 0.15) is 6.10 Å². The Bertz CT molecular complexity index is 190. The highest BCUT2D eigenvalue weighted by atomic mass is 35.5. The molecule has 0 aromatic heterocycles. The zero-order valence-corrected chi connectivity index (χ0v) is 10.3. The SMILES string of the molecule is COC(CN)C(=O)N1CCC(C)CC1.Cl. The molecule has 0 aromatic carbocycles. The first-order valence-electron chi connectivity index (χ1n) is 5.20. The van der Waals surface area contributed by atoms with Gasteiger partial charge in [0, 0.05) is 26.7 Å². The summed E-state index contributed by atoms with van der Waals surface area (Å²) in [5, 5.41) is 0. The number of carbonyl (C=O) groups excluding carboxylic acids is 1. The summed E-state index contributed by atoms with van der Waals surface area (Å²) in [7, 11) is 1.53. The fourth-order valence-electron chi connectivity index (χ4n) is 1.73. The first kappa shape index (κ1) is 14.7. The quantitative estimate of drug-likeness (QED) is 0.783. The molecule has 90 valence electrons. The van der Waals surface area contributed by atoms with Crippen molar-refractivity contribution in [1.82, 2.24) is 4.90 Å². The summed E-state index contributed by atoms with van der Waals surface area (Å²) < 4.78 is 5.03. The number of nitrogens with zero attached hydrogens (tertiary/aromatic N) is 1. The molecule has 1 fully saturated rings. The number of likely N-dealkylation sites (tertiary alicyclic amines) is 1. The standard InChI is InChI=1S/C10H20N2O2.ClH/c1-8-3-5-12(6-4-8)10(13)9(7-11)14-2;/h8-9H,3-7,11H2,1-2H3;1H. The van der Waals surface area contributed by atoms with Gasteiger partial charge in [0.25, 0.3) is 5.91 Å². The number of carbonyl (C=O) groups is 1. The molecule has 15 heavy (non-hydrogen) atoms. The van der Waals surface area contributed by atoms with E-state index in [0.29, 0.717) is 0 Å². The second kappa shape index (κ2) is 7.04. The van der Waals surface area contributed by atoms with Crippen molar-refractivity contribution in [2.45, 2.75) is 25.9 Å². The number of amides is 1. The van der Waals surface area contributed by atoms with Gasteiger partial charge in [-0.25, -0.2) is 0 Å². The van der Waals surface area contributed by atoms with Crippen molar-refractivity contribution >= 4 is 18.3 Å². The van der Waals surface area contributed by atoms with Crippen LogP contribution in [0.5, 0.6) is 0 Å². The van der Waals surface area contributed by atoms with Crippen LogP contribution in [-0.2, 0) is 9.53 Å².